The quantitative estimate of drug-likeness (QED) is 0.0736. The van der Waals surface area contributed by atoms with Gasteiger partial charge < -0.3 is 12.1 Å². The van der Waals surface area contributed by atoms with Crippen molar-refractivity contribution in [3.8, 4) is 11.5 Å². The van der Waals surface area contributed by atoms with Crippen LogP contribution in [0.5, 0.6) is 11.5 Å². The molecule has 3 aromatic carbocycles. The average Bonchev–Trinajstić information content (AvgIpc) is 3.16. The SMILES string of the molecule is CCCCCc1cc2c(c(C(C)(C)C)c1)[O][Al][O]c1c(cc(CCCC[N+](CCCC)(CCCC)CCCC)cc1C(C)(C)C)C=Nc1ccccc1N=C2. The van der Waals surface area contributed by atoms with E-state index in [9.17, 15) is 0 Å². The summed E-state index contributed by atoms with van der Waals surface area (Å²) in [5.74, 6) is 1.77. The van der Waals surface area contributed by atoms with Crippen molar-refractivity contribution in [3.05, 3.63) is 81.9 Å². The van der Waals surface area contributed by atoms with E-state index in [4.69, 9.17) is 17.6 Å². The fourth-order valence-electron chi connectivity index (χ4n) is 7.87. The van der Waals surface area contributed by atoms with Gasteiger partial charge in [0.05, 0.1) is 49.1 Å². The van der Waals surface area contributed by atoms with Crippen LogP contribution in [0.4, 0.5) is 11.4 Å². The first-order chi connectivity index (χ1) is 26.3. The highest BCUT2D eigenvalue weighted by Gasteiger charge is 2.28. The average molecular weight is 764 g/mol. The lowest BCUT2D eigenvalue weighted by Gasteiger charge is -2.39. The van der Waals surface area contributed by atoms with Gasteiger partial charge in [0.1, 0.15) is 0 Å². The third-order valence-corrected chi connectivity index (χ3v) is 11.9. The van der Waals surface area contributed by atoms with Crippen molar-refractivity contribution in [1.82, 2.24) is 0 Å². The fraction of sp³-hybridized carbons (Fsp3) is 0.592. The second-order valence-electron chi connectivity index (χ2n) is 18.2. The van der Waals surface area contributed by atoms with E-state index in [2.05, 4.69) is 106 Å². The number of rotatable bonds is 18. The summed E-state index contributed by atoms with van der Waals surface area (Å²) in [6, 6.07) is 17.6. The predicted octanol–water partition coefficient (Wildman–Crippen LogP) is 13.4. The van der Waals surface area contributed by atoms with Crippen LogP contribution in [-0.4, -0.2) is 59.0 Å². The minimum Gasteiger partial charge on any atom is -0.615 e. The maximum Gasteiger partial charge on any atom is 0.881 e. The van der Waals surface area contributed by atoms with Crippen LogP contribution in [0.15, 0.2) is 58.5 Å². The molecule has 0 fully saturated rings. The first kappa shape index (κ1) is 44.8. The Hall–Kier alpha value is -2.91. The van der Waals surface area contributed by atoms with Gasteiger partial charge in [0, 0.05) is 23.6 Å². The van der Waals surface area contributed by atoms with Crippen LogP contribution in [0, 0.1) is 0 Å². The molecule has 0 saturated carbocycles. The zero-order valence-electron chi connectivity index (χ0n) is 36.5. The fourth-order valence-corrected chi connectivity index (χ4v) is 8.64. The molecule has 1 aliphatic rings. The van der Waals surface area contributed by atoms with Crippen molar-refractivity contribution in [2.24, 2.45) is 9.98 Å². The highest BCUT2D eigenvalue weighted by Crippen LogP contribution is 2.39. The normalized spacial score (nSPS) is 13.3. The third-order valence-electron chi connectivity index (χ3n) is 11.2. The molecule has 0 spiro atoms. The number of hydrogen-bond donors (Lipinski definition) is 0. The molecule has 55 heavy (non-hydrogen) atoms. The van der Waals surface area contributed by atoms with Crippen molar-refractivity contribution in [2.75, 3.05) is 26.2 Å². The number of aliphatic imine (C=N–C) groups is 2. The highest BCUT2D eigenvalue weighted by atomic mass is 27.2. The van der Waals surface area contributed by atoms with Crippen LogP contribution in [0.1, 0.15) is 173 Å². The van der Waals surface area contributed by atoms with E-state index in [0.717, 1.165) is 46.8 Å². The molecule has 0 unspecified atom stereocenters. The molecule has 299 valence electrons. The largest absolute Gasteiger partial charge is 0.881 e. The summed E-state index contributed by atoms with van der Waals surface area (Å²) in [6.45, 7) is 28.3. The lowest BCUT2D eigenvalue weighted by atomic mass is 9.83. The van der Waals surface area contributed by atoms with Crippen molar-refractivity contribution in [3.63, 3.8) is 0 Å². The highest BCUT2D eigenvalue weighted by molar-refractivity contribution is 6.21. The van der Waals surface area contributed by atoms with E-state index in [1.54, 1.807) is 0 Å². The zero-order chi connectivity index (χ0) is 39.9. The molecule has 0 saturated heterocycles. The minimum absolute atomic E-state index is 0.114. The zero-order valence-corrected chi connectivity index (χ0v) is 37.7. The summed E-state index contributed by atoms with van der Waals surface area (Å²) in [4.78, 5) is 10.2. The summed E-state index contributed by atoms with van der Waals surface area (Å²) in [5, 5.41) is 0. The van der Waals surface area contributed by atoms with Crippen LogP contribution < -0.4 is 7.58 Å². The number of unbranched alkanes of at least 4 members (excludes halogenated alkanes) is 6. The Bertz CT molecular complexity index is 1680. The summed E-state index contributed by atoms with van der Waals surface area (Å²) >= 11 is -0.856. The standard InChI is InChI=1S/C49H75N3O2.Al/c1-11-15-19-24-38-32-40(46(53)42(34-38)48(5,6)7)36-50-44-26-20-21-27-45(44)51-37-41-33-39(35-43(47(41)54)49(8,9)10)25-22-23-31-52(28-16-12-2,29-17-13-3)30-18-14-4;/h20-21,26-27,32-37H,11-19,22-25,28-31H2,1-10H3,(H-,50,51,53,54);/q;+2/p-1. The van der Waals surface area contributed by atoms with Gasteiger partial charge in [0.25, 0.3) is 0 Å². The van der Waals surface area contributed by atoms with Gasteiger partial charge in [-0.3, -0.25) is 9.98 Å². The third kappa shape index (κ3) is 13.3. The molecular weight excluding hydrogens is 690 g/mol. The molecule has 3 aromatic rings. The van der Waals surface area contributed by atoms with Crippen LogP contribution in [0.3, 0.4) is 0 Å². The van der Waals surface area contributed by atoms with Gasteiger partial charge >= 0.3 is 15.9 Å². The second kappa shape index (κ2) is 21.6. The molecule has 5 nitrogen and oxygen atoms in total. The molecule has 1 radical (unpaired) electrons. The number of para-hydroxylation sites is 2. The maximum atomic E-state index is 6.84. The van der Waals surface area contributed by atoms with Crippen LogP contribution in [0.2, 0.25) is 0 Å². The predicted molar refractivity (Wildman–Crippen MR) is 239 cm³/mol. The number of hydrogen-bond acceptors (Lipinski definition) is 4. The molecule has 1 heterocycles. The Balaban J connectivity index is 1.72. The van der Waals surface area contributed by atoms with Crippen LogP contribution in [-0.2, 0) is 23.7 Å². The lowest BCUT2D eigenvalue weighted by molar-refractivity contribution is -0.929. The second-order valence-corrected chi connectivity index (χ2v) is 18.8. The molecule has 4 rings (SSSR count). The number of fused-ring (bicyclic) bond motifs is 3. The number of quaternary nitrogens is 1. The summed E-state index contributed by atoms with van der Waals surface area (Å²) in [5.41, 5.74) is 8.56. The Morgan fingerprint density at radius 1 is 0.527 bits per heavy atom. The smallest absolute Gasteiger partial charge is 0.615 e. The lowest BCUT2D eigenvalue weighted by Crippen LogP contribution is -2.50. The van der Waals surface area contributed by atoms with E-state index in [0.29, 0.717) is 0 Å². The summed E-state index contributed by atoms with van der Waals surface area (Å²) in [6.07, 6.45) is 19.9. The van der Waals surface area contributed by atoms with E-state index >= 15 is 0 Å². The molecule has 0 N–H and O–H groups in total. The first-order valence-corrected chi connectivity index (χ1v) is 22.8. The maximum absolute atomic E-state index is 6.84. The molecular formula is C49H74AlN3O2+. The molecule has 6 heteroatoms. The van der Waals surface area contributed by atoms with Gasteiger partial charge in [0.2, 0.25) is 0 Å². The van der Waals surface area contributed by atoms with Gasteiger partial charge in [-0.25, -0.2) is 0 Å². The molecule has 0 aromatic heterocycles. The number of aryl methyl sites for hydroxylation is 2. The van der Waals surface area contributed by atoms with E-state index in [1.807, 2.05) is 24.6 Å². The molecule has 1 aliphatic heterocycles. The summed E-state index contributed by atoms with van der Waals surface area (Å²) in [7, 11) is 0. The van der Waals surface area contributed by atoms with Crippen molar-refractivity contribution in [2.45, 2.75) is 164 Å². The van der Waals surface area contributed by atoms with Crippen LogP contribution in [0.25, 0.3) is 0 Å². The van der Waals surface area contributed by atoms with Gasteiger partial charge in [-0.2, -0.15) is 0 Å². The number of nitrogens with zero attached hydrogens (tertiary/aromatic N) is 3. The minimum atomic E-state index is -0.856. The van der Waals surface area contributed by atoms with Crippen molar-refractivity contribution >= 4 is 39.7 Å². The van der Waals surface area contributed by atoms with E-state index < -0.39 is 15.9 Å². The molecule has 0 bridgehead atoms. The monoisotopic (exact) mass is 764 g/mol. The van der Waals surface area contributed by atoms with E-state index in [1.165, 1.54) is 124 Å². The van der Waals surface area contributed by atoms with Gasteiger partial charge in [0.15, 0.2) is 0 Å². The van der Waals surface area contributed by atoms with Crippen LogP contribution >= 0.6 is 0 Å². The first-order valence-electron chi connectivity index (χ1n) is 21.9. The summed E-state index contributed by atoms with van der Waals surface area (Å²) < 4.78 is 14.9. The van der Waals surface area contributed by atoms with Gasteiger partial charge in [-0.1, -0.05) is 126 Å². The Labute approximate surface area is 343 Å². The Morgan fingerprint density at radius 2 is 0.927 bits per heavy atom. The molecule has 0 atom stereocenters. The van der Waals surface area contributed by atoms with Crippen molar-refractivity contribution < 1.29 is 12.1 Å². The van der Waals surface area contributed by atoms with Crippen molar-refractivity contribution in [1.29, 1.82) is 0 Å². The molecule has 0 amide bonds. The number of benzene rings is 3. The van der Waals surface area contributed by atoms with E-state index in [-0.39, 0.29) is 10.8 Å². The Morgan fingerprint density at radius 3 is 1.33 bits per heavy atom. The van der Waals surface area contributed by atoms with Gasteiger partial charge in [-0.15, -0.1) is 0 Å². The Kier molecular flexibility index (Phi) is 17.6. The molecule has 0 aliphatic carbocycles. The van der Waals surface area contributed by atoms with Gasteiger partial charge in [-0.05, 0) is 109 Å². The topological polar surface area (TPSA) is 43.2 Å².